The number of imide groups is 1. The monoisotopic (exact) mass is 377 g/mol. The second kappa shape index (κ2) is 9.25. The Morgan fingerprint density at radius 3 is 2.56 bits per heavy atom. The Morgan fingerprint density at radius 1 is 1.22 bits per heavy atom. The van der Waals surface area contributed by atoms with Gasteiger partial charge in [-0.2, -0.15) is 0 Å². The molecule has 1 atom stereocenters. The molecule has 2 N–H and O–H groups in total. The summed E-state index contributed by atoms with van der Waals surface area (Å²) in [5, 5.41) is 5.45. The van der Waals surface area contributed by atoms with Crippen molar-refractivity contribution in [2.45, 2.75) is 39.3 Å². The van der Waals surface area contributed by atoms with Crippen LogP contribution >= 0.6 is 0 Å². The van der Waals surface area contributed by atoms with Crippen molar-refractivity contribution in [1.82, 2.24) is 15.5 Å². The van der Waals surface area contributed by atoms with Gasteiger partial charge in [0.1, 0.15) is 6.04 Å². The molecule has 1 saturated heterocycles. The van der Waals surface area contributed by atoms with Gasteiger partial charge in [-0.05, 0) is 30.0 Å². The van der Waals surface area contributed by atoms with Gasteiger partial charge in [0.25, 0.3) is 5.91 Å². The summed E-state index contributed by atoms with van der Waals surface area (Å²) in [6.07, 6.45) is 0.463. The predicted octanol–water partition coefficient (Wildman–Crippen LogP) is 1.68. The van der Waals surface area contributed by atoms with Crippen LogP contribution in [0.1, 0.15) is 32.3 Å². The minimum Gasteiger partial charge on any atom is -0.493 e. The van der Waals surface area contributed by atoms with E-state index >= 15 is 0 Å². The highest BCUT2D eigenvalue weighted by Gasteiger charge is 2.37. The first-order valence-electron chi connectivity index (χ1n) is 8.95. The van der Waals surface area contributed by atoms with E-state index in [0.29, 0.717) is 24.0 Å². The molecule has 1 heterocycles. The summed E-state index contributed by atoms with van der Waals surface area (Å²) < 4.78 is 10.4. The first kappa shape index (κ1) is 20.5. The molecule has 1 aliphatic heterocycles. The zero-order valence-corrected chi connectivity index (χ0v) is 16.2. The lowest BCUT2D eigenvalue weighted by molar-refractivity contribution is -0.128. The van der Waals surface area contributed by atoms with Gasteiger partial charge < -0.3 is 20.1 Å². The van der Waals surface area contributed by atoms with Crippen LogP contribution in [0.25, 0.3) is 0 Å². The molecule has 8 heteroatoms. The molecular weight excluding hydrogens is 350 g/mol. The number of rotatable bonds is 9. The van der Waals surface area contributed by atoms with E-state index in [4.69, 9.17) is 9.47 Å². The SMILES string of the molecule is COc1ccc(CN2C(=O)N[C@H](CCC(=O)NCC(C)C)C2=O)cc1OC. The standard InChI is InChI=1S/C19H27N3O5/c1-12(2)10-20-17(23)8-6-14-18(24)22(19(25)21-14)11-13-5-7-15(26-3)16(9-13)27-4/h5,7,9,12,14H,6,8,10-11H2,1-4H3,(H,20,23)(H,21,25)/t14-/m1/s1. The molecule has 8 nitrogen and oxygen atoms in total. The summed E-state index contributed by atoms with van der Waals surface area (Å²) in [6.45, 7) is 4.73. The van der Waals surface area contributed by atoms with Gasteiger partial charge in [-0.25, -0.2) is 4.79 Å². The van der Waals surface area contributed by atoms with Gasteiger partial charge in [-0.15, -0.1) is 0 Å². The van der Waals surface area contributed by atoms with Crippen molar-refractivity contribution in [2.75, 3.05) is 20.8 Å². The highest BCUT2D eigenvalue weighted by molar-refractivity contribution is 6.04. The number of hydrogen-bond acceptors (Lipinski definition) is 5. The molecular formula is C19H27N3O5. The molecule has 1 fully saturated rings. The van der Waals surface area contributed by atoms with Gasteiger partial charge >= 0.3 is 6.03 Å². The number of amides is 4. The van der Waals surface area contributed by atoms with Gasteiger partial charge in [0, 0.05) is 13.0 Å². The van der Waals surface area contributed by atoms with Crippen LogP contribution in [0, 0.1) is 5.92 Å². The minimum absolute atomic E-state index is 0.121. The maximum absolute atomic E-state index is 12.5. The fraction of sp³-hybridized carbons (Fsp3) is 0.526. The molecule has 0 radical (unpaired) electrons. The van der Waals surface area contributed by atoms with E-state index in [1.54, 1.807) is 18.2 Å². The molecule has 0 aromatic heterocycles. The number of hydrogen-bond donors (Lipinski definition) is 2. The molecule has 0 unspecified atom stereocenters. The van der Waals surface area contributed by atoms with Crippen LogP contribution in [0.4, 0.5) is 4.79 Å². The lowest BCUT2D eigenvalue weighted by Crippen LogP contribution is -2.33. The Morgan fingerprint density at radius 2 is 1.93 bits per heavy atom. The maximum atomic E-state index is 12.5. The van der Waals surface area contributed by atoms with E-state index in [0.717, 1.165) is 10.5 Å². The smallest absolute Gasteiger partial charge is 0.325 e. The highest BCUT2D eigenvalue weighted by Crippen LogP contribution is 2.28. The number of methoxy groups -OCH3 is 2. The predicted molar refractivity (Wildman–Crippen MR) is 99.5 cm³/mol. The fourth-order valence-corrected chi connectivity index (χ4v) is 2.77. The second-order valence-electron chi connectivity index (χ2n) is 6.85. The van der Waals surface area contributed by atoms with E-state index in [2.05, 4.69) is 10.6 Å². The van der Waals surface area contributed by atoms with Crippen molar-refractivity contribution in [2.24, 2.45) is 5.92 Å². The molecule has 0 aliphatic carbocycles. The van der Waals surface area contributed by atoms with E-state index in [1.807, 2.05) is 13.8 Å². The first-order chi connectivity index (χ1) is 12.8. The summed E-state index contributed by atoms with van der Waals surface area (Å²) in [7, 11) is 3.06. The third-order valence-corrected chi connectivity index (χ3v) is 4.26. The summed E-state index contributed by atoms with van der Waals surface area (Å²) in [6, 6.07) is 4.09. The number of carbonyl (C=O) groups is 3. The fourth-order valence-electron chi connectivity index (χ4n) is 2.77. The van der Waals surface area contributed by atoms with Crippen molar-refractivity contribution in [3.05, 3.63) is 23.8 Å². The average molecular weight is 377 g/mol. The summed E-state index contributed by atoms with van der Waals surface area (Å²) in [4.78, 5) is 37.7. The highest BCUT2D eigenvalue weighted by atomic mass is 16.5. The van der Waals surface area contributed by atoms with Crippen LogP contribution in [-0.2, 0) is 16.1 Å². The molecule has 2 rings (SSSR count). The third kappa shape index (κ3) is 5.35. The molecule has 1 aliphatic rings. The van der Waals surface area contributed by atoms with Crippen molar-refractivity contribution >= 4 is 17.8 Å². The van der Waals surface area contributed by atoms with Crippen molar-refractivity contribution in [1.29, 1.82) is 0 Å². The average Bonchev–Trinajstić information content (AvgIpc) is 2.92. The van der Waals surface area contributed by atoms with Gasteiger partial charge in [0.15, 0.2) is 11.5 Å². The normalized spacial score (nSPS) is 16.5. The largest absolute Gasteiger partial charge is 0.493 e. The molecule has 0 spiro atoms. The summed E-state index contributed by atoms with van der Waals surface area (Å²) in [5.74, 6) is 1.01. The van der Waals surface area contributed by atoms with E-state index in [-0.39, 0.29) is 31.2 Å². The molecule has 0 bridgehead atoms. The zero-order valence-electron chi connectivity index (χ0n) is 16.2. The number of benzene rings is 1. The molecule has 0 saturated carbocycles. The maximum Gasteiger partial charge on any atom is 0.325 e. The van der Waals surface area contributed by atoms with Crippen LogP contribution < -0.4 is 20.1 Å². The minimum atomic E-state index is -0.678. The van der Waals surface area contributed by atoms with Crippen molar-refractivity contribution in [3.8, 4) is 11.5 Å². The summed E-state index contributed by atoms with van der Waals surface area (Å²) in [5.41, 5.74) is 0.742. The van der Waals surface area contributed by atoms with Gasteiger partial charge in [0.2, 0.25) is 5.91 Å². The van der Waals surface area contributed by atoms with Gasteiger partial charge in [-0.3, -0.25) is 14.5 Å². The van der Waals surface area contributed by atoms with Gasteiger partial charge in [0.05, 0.1) is 20.8 Å². The molecule has 4 amide bonds. The van der Waals surface area contributed by atoms with E-state index < -0.39 is 12.1 Å². The lowest BCUT2D eigenvalue weighted by Gasteiger charge is -2.15. The van der Waals surface area contributed by atoms with Gasteiger partial charge in [-0.1, -0.05) is 19.9 Å². The molecule has 27 heavy (non-hydrogen) atoms. The van der Waals surface area contributed by atoms with E-state index in [1.165, 1.54) is 14.2 Å². The summed E-state index contributed by atoms with van der Waals surface area (Å²) >= 11 is 0. The Balaban J connectivity index is 1.95. The van der Waals surface area contributed by atoms with Crippen molar-refractivity contribution in [3.63, 3.8) is 0 Å². The lowest BCUT2D eigenvalue weighted by atomic mass is 10.1. The Labute approximate surface area is 159 Å². The zero-order chi connectivity index (χ0) is 20.0. The Hall–Kier alpha value is -2.77. The number of ether oxygens (including phenoxy) is 2. The van der Waals surface area contributed by atoms with Crippen LogP contribution in [0.15, 0.2) is 18.2 Å². The van der Waals surface area contributed by atoms with E-state index in [9.17, 15) is 14.4 Å². The van der Waals surface area contributed by atoms with Crippen molar-refractivity contribution < 1.29 is 23.9 Å². The Bertz CT molecular complexity index is 705. The Kier molecular flexibility index (Phi) is 7.04. The number of nitrogens with one attached hydrogen (secondary N) is 2. The molecule has 1 aromatic carbocycles. The third-order valence-electron chi connectivity index (χ3n) is 4.26. The van der Waals surface area contributed by atoms with Crippen LogP contribution in [0.5, 0.6) is 11.5 Å². The van der Waals surface area contributed by atoms with Crippen LogP contribution in [-0.4, -0.2) is 49.6 Å². The molecule has 148 valence electrons. The topological polar surface area (TPSA) is 97.0 Å². The molecule has 1 aromatic rings. The quantitative estimate of drug-likeness (QED) is 0.638. The number of urea groups is 1. The van der Waals surface area contributed by atoms with Crippen LogP contribution in [0.3, 0.4) is 0 Å². The first-order valence-corrected chi connectivity index (χ1v) is 8.95. The number of carbonyl (C=O) groups excluding carboxylic acids is 3. The number of nitrogens with zero attached hydrogens (tertiary/aromatic N) is 1. The van der Waals surface area contributed by atoms with Crippen LogP contribution in [0.2, 0.25) is 0 Å². The second-order valence-corrected chi connectivity index (χ2v) is 6.85.